The molecule has 0 radical (unpaired) electrons. The van der Waals surface area contributed by atoms with Crippen LogP contribution in [-0.2, 0) is 0 Å². The molecule has 3 heterocycles. The van der Waals surface area contributed by atoms with Crippen LogP contribution in [0, 0.1) is 0 Å². The van der Waals surface area contributed by atoms with Crippen LogP contribution in [0.3, 0.4) is 0 Å². The van der Waals surface area contributed by atoms with Crippen molar-refractivity contribution in [3.8, 4) is 34.0 Å². The van der Waals surface area contributed by atoms with E-state index in [1.165, 1.54) is 32.3 Å². The molecule has 182 valence electrons. The lowest BCUT2D eigenvalue weighted by Crippen LogP contribution is -2.14. The SMILES string of the molecule is COc1ccc2[nH]c(-c3ccc4c(c3)Sc3cc(-c5cc6cc(OC)ccc6[nH]5)ccc3N4C)cc2c1. The Bertz CT molecular complexity index is 1690. The highest BCUT2D eigenvalue weighted by atomic mass is 32.2. The fourth-order valence-corrected chi connectivity index (χ4v) is 6.34. The highest BCUT2D eigenvalue weighted by Crippen LogP contribution is 2.49. The van der Waals surface area contributed by atoms with E-state index in [1.54, 1.807) is 14.2 Å². The molecule has 0 unspecified atom stereocenters. The predicted molar refractivity (Wildman–Crippen MR) is 153 cm³/mol. The first-order valence-corrected chi connectivity index (χ1v) is 13.0. The maximum atomic E-state index is 5.40. The van der Waals surface area contributed by atoms with Crippen LogP contribution in [0.5, 0.6) is 11.5 Å². The Balaban J connectivity index is 1.25. The topological polar surface area (TPSA) is 53.3 Å². The molecule has 0 aliphatic carbocycles. The summed E-state index contributed by atoms with van der Waals surface area (Å²) < 4.78 is 10.8. The third kappa shape index (κ3) is 3.64. The molecular formula is C31H25N3O2S. The zero-order chi connectivity index (χ0) is 25.1. The van der Waals surface area contributed by atoms with Crippen LogP contribution in [0.1, 0.15) is 0 Å². The van der Waals surface area contributed by atoms with Crippen molar-refractivity contribution in [2.45, 2.75) is 9.79 Å². The number of benzene rings is 4. The molecule has 6 heteroatoms. The zero-order valence-electron chi connectivity index (χ0n) is 20.8. The molecule has 4 aromatic carbocycles. The highest BCUT2D eigenvalue weighted by Gasteiger charge is 2.22. The van der Waals surface area contributed by atoms with E-state index >= 15 is 0 Å². The van der Waals surface area contributed by atoms with Crippen molar-refractivity contribution in [3.63, 3.8) is 0 Å². The molecule has 0 atom stereocenters. The number of aromatic nitrogens is 2. The lowest BCUT2D eigenvalue weighted by Gasteiger charge is -2.30. The lowest BCUT2D eigenvalue weighted by molar-refractivity contribution is 0.415. The van der Waals surface area contributed by atoms with E-state index in [2.05, 4.69) is 94.7 Å². The molecule has 2 N–H and O–H groups in total. The molecule has 0 bridgehead atoms. The number of methoxy groups -OCH3 is 2. The van der Waals surface area contributed by atoms with Crippen molar-refractivity contribution in [2.24, 2.45) is 0 Å². The number of H-pyrrole nitrogens is 2. The Kier molecular flexibility index (Phi) is 4.98. The van der Waals surface area contributed by atoms with Gasteiger partial charge in [0.15, 0.2) is 0 Å². The third-order valence-corrected chi connectivity index (χ3v) is 8.23. The Morgan fingerprint density at radius 1 is 0.595 bits per heavy atom. The quantitative estimate of drug-likeness (QED) is 0.254. The van der Waals surface area contributed by atoms with Crippen molar-refractivity contribution >= 4 is 44.9 Å². The summed E-state index contributed by atoms with van der Waals surface area (Å²) in [6.45, 7) is 0. The van der Waals surface area contributed by atoms with Gasteiger partial charge in [-0.2, -0.15) is 0 Å². The smallest absolute Gasteiger partial charge is 0.119 e. The summed E-state index contributed by atoms with van der Waals surface area (Å²) in [6, 6.07) is 30.0. The molecule has 0 saturated carbocycles. The van der Waals surface area contributed by atoms with Gasteiger partial charge < -0.3 is 24.3 Å². The van der Waals surface area contributed by atoms with Gasteiger partial charge in [0.2, 0.25) is 0 Å². The van der Waals surface area contributed by atoms with Crippen LogP contribution < -0.4 is 14.4 Å². The molecule has 5 nitrogen and oxygen atoms in total. The Morgan fingerprint density at radius 3 is 1.54 bits per heavy atom. The number of anilines is 2. The van der Waals surface area contributed by atoms with E-state index in [0.717, 1.165) is 44.7 Å². The molecule has 0 amide bonds. The molecule has 0 fully saturated rings. The van der Waals surface area contributed by atoms with E-state index < -0.39 is 0 Å². The molecule has 0 saturated heterocycles. The maximum Gasteiger partial charge on any atom is 0.119 e. The Morgan fingerprint density at radius 2 is 1.08 bits per heavy atom. The molecule has 1 aliphatic heterocycles. The second-order valence-corrected chi connectivity index (χ2v) is 10.4. The van der Waals surface area contributed by atoms with Crippen molar-refractivity contribution < 1.29 is 9.47 Å². The number of nitrogens with one attached hydrogen (secondary N) is 2. The number of nitrogens with zero attached hydrogens (tertiary/aromatic N) is 1. The van der Waals surface area contributed by atoms with Crippen LogP contribution in [0.25, 0.3) is 44.3 Å². The van der Waals surface area contributed by atoms with E-state index in [4.69, 9.17) is 9.47 Å². The summed E-state index contributed by atoms with van der Waals surface area (Å²) in [5, 5.41) is 2.28. The van der Waals surface area contributed by atoms with Gasteiger partial charge in [-0.1, -0.05) is 23.9 Å². The van der Waals surface area contributed by atoms with Crippen molar-refractivity contribution in [3.05, 3.63) is 84.9 Å². The van der Waals surface area contributed by atoms with Crippen molar-refractivity contribution in [1.29, 1.82) is 0 Å². The number of rotatable bonds is 4. The maximum absolute atomic E-state index is 5.40. The number of fused-ring (bicyclic) bond motifs is 4. The van der Waals surface area contributed by atoms with Crippen LogP contribution >= 0.6 is 11.8 Å². The number of hydrogen-bond acceptors (Lipinski definition) is 4. The zero-order valence-corrected chi connectivity index (χ0v) is 21.6. The van der Waals surface area contributed by atoms with Crippen LogP contribution in [0.2, 0.25) is 0 Å². The summed E-state index contributed by atoms with van der Waals surface area (Å²) in [4.78, 5) is 11.9. The fourth-order valence-electron chi connectivity index (χ4n) is 5.12. The second kappa shape index (κ2) is 8.39. The number of aromatic amines is 2. The van der Waals surface area contributed by atoms with Gasteiger partial charge in [0, 0.05) is 50.0 Å². The van der Waals surface area contributed by atoms with Gasteiger partial charge in [0.1, 0.15) is 11.5 Å². The summed E-state index contributed by atoms with van der Waals surface area (Å²) in [7, 11) is 5.54. The molecule has 2 aromatic heterocycles. The summed E-state index contributed by atoms with van der Waals surface area (Å²) >= 11 is 1.82. The number of hydrogen-bond donors (Lipinski definition) is 2. The van der Waals surface area contributed by atoms with Crippen LogP contribution in [0.15, 0.2) is 94.7 Å². The average Bonchev–Trinajstić information content (AvgIpc) is 3.56. The summed E-state index contributed by atoms with van der Waals surface area (Å²) in [5.41, 5.74) is 9.16. The second-order valence-electron chi connectivity index (χ2n) is 9.30. The van der Waals surface area contributed by atoms with Gasteiger partial charge in [-0.05, 0) is 83.9 Å². The first kappa shape index (κ1) is 21.9. The first-order valence-electron chi connectivity index (χ1n) is 12.1. The van der Waals surface area contributed by atoms with Gasteiger partial charge in [-0.25, -0.2) is 0 Å². The minimum atomic E-state index is 0.863. The Labute approximate surface area is 219 Å². The molecule has 6 aromatic rings. The summed E-state index contributed by atoms with van der Waals surface area (Å²) in [5.74, 6) is 1.73. The minimum absolute atomic E-state index is 0.863. The van der Waals surface area contributed by atoms with Crippen molar-refractivity contribution in [2.75, 3.05) is 26.2 Å². The summed E-state index contributed by atoms with van der Waals surface area (Å²) in [6.07, 6.45) is 0. The number of ether oxygens (including phenoxy) is 2. The predicted octanol–water partition coefficient (Wildman–Crippen LogP) is 8.23. The van der Waals surface area contributed by atoms with Gasteiger partial charge in [0.25, 0.3) is 0 Å². The monoisotopic (exact) mass is 503 g/mol. The highest BCUT2D eigenvalue weighted by molar-refractivity contribution is 7.99. The minimum Gasteiger partial charge on any atom is -0.497 e. The Hall–Kier alpha value is -4.29. The van der Waals surface area contributed by atoms with E-state index in [1.807, 2.05) is 23.9 Å². The van der Waals surface area contributed by atoms with Crippen LogP contribution in [-0.4, -0.2) is 31.2 Å². The molecule has 1 aliphatic rings. The average molecular weight is 504 g/mol. The van der Waals surface area contributed by atoms with Crippen LogP contribution in [0.4, 0.5) is 11.4 Å². The molecular weight excluding hydrogens is 478 g/mol. The van der Waals surface area contributed by atoms with Crippen molar-refractivity contribution in [1.82, 2.24) is 9.97 Å². The largest absolute Gasteiger partial charge is 0.497 e. The molecule has 37 heavy (non-hydrogen) atoms. The van der Waals surface area contributed by atoms with Gasteiger partial charge in [-0.15, -0.1) is 0 Å². The van der Waals surface area contributed by atoms with E-state index in [9.17, 15) is 0 Å². The molecule has 0 spiro atoms. The fraction of sp³-hybridized carbons (Fsp3) is 0.0968. The van der Waals surface area contributed by atoms with Gasteiger partial charge in [-0.3, -0.25) is 0 Å². The first-order chi connectivity index (χ1) is 18.1. The molecule has 7 rings (SSSR count). The van der Waals surface area contributed by atoms with Gasteiger partial charge >= 0.3 is 0 Å². The third-order valence-electron chi connectivity index (χ3n) is 7.14. The van der Waals surface area contributed by atoms with Gasteiger partial charge in [0.05, 0.1) is 25.6 Å². The normalized spacial score (nSPS) is 12.6. The van der Waals surface area contributed by atoms with E-state index in [-0.39, 0.29) is 0 Å². The van der Waals surface area contributed by atoms with E-state index in [0.29, 0.717) is 0 Å². The standard InChI is InChI=1S/C31H25N3O2S/c1-34-28-10-4-18(26-14-20-12-22(35-2)6-8-24(20)32-26)16-30(28)37-31-17-19(5-11-29(31)34)27-15-21-13-23(36-3)7-9-25(21)33-27/h4-17,32-33H,1-3H3. The lowest BCUT2D eigenvalue weighted by atomic mass is 10.1.